The molecular weight excluding hydrogens is 256 g/mol. The second-order valence-electron chi connectivity index (χ2n) is 5.84. The molecule has 0 atom stereocenters. The Morgan fingerprint density at radius 2 is 1.48 bits per heavy atom. The lowest BCUT2D eigenvalue weighted by Crippen LogP contribution is -1.84. The lowest BCUT2D eigenvalue weighted by atomic mass is 10.0. The number of hydrogen-bond donors (Lipinski definition) is 1. The molecule has 0 bridgehead atoms. The topological polar surface area (TPSA) is 30.4 Å². The SMILES string of the molecule is Cc1cc2c3ccccc3n3c4ccc(N)cc4c(c1)c23. The molecular formula is C19H14N2. The molecule has 0 saturated carbocycles. The van der Waals surface area contributed by atoms with E-state index in [-0.39, 0.29) is 0 Å². The molecule has 5 rings (SSSR count). The number of benzene rings is 3. The summed E-state index contributed by atoms with van der Waals surface area (Å²) in [6.07, 6.45) is 0. The summed E-state index contributed by atoms with van der Waals surface area (Å²) in [5.74, 6) is 0. The van der Waals surface area contributed by atoms with Crippen LogP contribution in [0.5, 0.6) is 0 Å². The molecule has 0 spiro atoms. The Labute approximate surface area is 121 Å². The summed E-state index contributed by atoms with van der Waals surface area (Å²) in [4.78, 5) is 0. The standard InChI is InChI=1S/C19H14N2/c1-11-8-15-13-4-2-3-5-17(13)21-18-7-6-12(20)10-14(18)16(9-11)19(15)21/h2-10H,20H2,1H3. The molecule has 0 fully saturated rings. The first-order valence-corrected chi connectivity index (χ1v) is 7.18. The van der Waals surface area contributed by atoms with Crippen molar-refractivity contribution in [3.63, 3.8) is 0 Å². The molecule has 2 heteroatoms. The van der Waals surface area contributed by atoms with E-state index < -0.39 is 0 Å². The molecule has 0 aliphatic heterocycles. The van der Waals surface area contributed by atoms with Crippen molar-refractivity contribution in [1.29, 1.82) is 0 Å². The van der Waals surface area contributed by atoms with Crippen LogP contribution in [0.4, 0.5) is 5.69 Å². The van der Waals surface area contributed by atoms with Crippen molar-refractivity contribution >= 4 is 43.8 Å². The van der Waals surface area contributed by atoms with Gasteiger partial charge >= 0.3 is 0 Å². The Morgan fingerprint density at radius 3 is 2.33 bits per heavy atom. The van der Waals surface area contributed by atoms with Gasteiger partial charge in [0.1, 0.15) is 0 Å². The van der Waals surface area contributed by atoms with E-state index in [9.17, 15) is 0 Å². The molecule has 2 heterocycles. The van der Waals surface area contributed by atoms with Crippen molar-refractivity contribution in [2.24, 2.45) is 0 Å². The van der Waals surface area contributed by atoms with Gasteiger partial charge in [0.05, 0.1) is 16.6 Å². The number of rotatable bonds is 0. The van der Waals surface area contributed by atoms with E-state index in [0.29, 0.717) is 0 Å². The number of nitrogens with two attached hydrogens (primary N) is 1. The molecule has 0 unspecified atom stereocenters. The normalized spacial score (nSPS) is 12.2. The zero-order valence-electron chi connectivity index (χ0n) is 11.7. The average Bonchev–Trinajstić information content (AvgIpc) is 2.97. The van der Waals surface area contributed by atoms with Crippen LogP contribution in [0.25, 0.3) is 38.1 Å². The first-order valence-electron chi connectivity index (χ1n) is 7.18. The van der Waals surface area contributed by atoms with Crippen LogP contribution in [0.3, 0.4) is 0 Å². The lowest BCUT2D eigenvalue weighted by Gasteiger charge is -1.99. The fraction of sp³-hybridized carbons (Fsp3) is 0.0526. The number of nitrogen functional groups attached to an aromatic ring is 1. The fourth-order valence-electron chi connectivity index (χ4n) is 3.66. The number of hydrogen-bond acceptors (Lipinski definition) is 1. The average molecular weight is 270 g/mol. The summed E-state index contributed by atoms with van der Waals surface area (Å²) < 4.78 is 2.37. The number of aryl methyl sites for hydroxylation is 1. The van der Waals surface area contributed by atoms with Crippen LogP contribution in [-0.2, 0) is 0 Å². The minimum absolute atomic E-state index is 0.818. The third-order valence-electron chi connectivity index (χ3n) is 4.46. The van der Waals surface area contributed by atoms with Gasteiger partial charge in [-0.25, -0.2) is 0 Å². The number of anilines is 1. The summed E-state index contributed by atoms with van der Waals surface area (Å²) in [7, 11) is 0. The smallest absolute Gasteiger partial charge is 0.0620 e. The van der Waals surface area contributed by atoms with Crippen molar-refractivity contribution in [3.8, 4) is 0 Å². The van der Waals surface area contributed by atoms with Crippen molar-refractivity contribution in [3.05, 3.63) is 60.2 Å². The number of aromatic nitrogens is 1. The van der Waals surface area contributed by atoms with Crippen LogP contribution >= 0.6 is 0 Å². The highest BCUT2D eigenvalue weighted by Gasteiger charge is 2.17. The highest BCUT2D eigenvalue weighted by atomic mass is 14.9. The second-order valence-corrected chi connectivity index (χ2v) is 5.84. The summed E-state index contributed by atoms with van der Waals surface area (Å²) in [6, 6.07) is 19.4. The second kappa shape index (κ2) is 3.47. The zero-order valence-corrected chi connectivity index (χ0v) is 11.7. The van der Waals surface area contributed by atoms with Gasteiger partial charge < -0.3 is 10.1 Å². The maximum absolute atomic E-state index is 6.00. The minimum atomic E-state index is 0.818. The van der Waals surface area contributed by atoms with Crippen molar-refractivity contribution < 1.29 is 0 Å². The van der Waals surface area contributed by atoms with E-state index >= 15 is 0 Å². The van der Waals surface area contributed by atoms with Crippen molar-refractivity contribution in [1.82, 2.24) is 4.40 Å². The summed E-state index contributed by atoms with van der Waals surface area (Å²) in [5.41, 5.74) is 11.9. The first kappa shape index (κ1) is 11.0. The fourth-order valence-corrected chi connectivity index (χ4v) is 3.66. The molecule has 0 aliphatic rings. The van der Waals surface area contributed by atoms with Gasteiger partial charge in [0.15, 0.2) is 0 Å². The van der Waals surface area contributed by atoms with E-state index in [2.05, 4.69) is 59.9 Å². The predicted molar refractivity (Wildman–Crippen MR) is 90.3 cm³/mol. The molecule has 2 N–H and O–H groups in total. The van der Waals surface area contributed by atoms with Crippen molar-refractivity contribution in [2.75, 3.05) is 5.73 Å². The van der Waals surface area contributed by atoms with Gasteiger partial charge in [-0.3, -0.25) is 0 Å². The summed E-state index contributed by atoms with van der Waals surface area (Å²) >= 11 is 0. The monoisotopic (exact) mass is 270 g/mol. The van der Waals surface area contributed by atoms with E-state index in [1.807, 2.05) is 6.07 Å². The van der Waals surface area contributed by atoms with Gasteiger partial charge in [0.25, 0.3) is 0 Å². The van der Waals surface area contributed by atoms with Crippen LogP contribution in [0.1, 0.15) is 5.56 Å². The van der Waals surface area contributed by atoms with E-state index in [1.165, 1.54) is 43.7 Å². The highest BCUT2D eigenvalue weighted by Crippen LogP contribution is 2.39. The van der Waals surface area contributed by atoms with Crippen LogP contribution < -0.4 is 5.73 Å². The first-order chi connectivity index (χ1) is 10.2. The van der Waals surface area contributed by atoms with E-state index in [4.69, 9.17) is 5.73 Å². The molecule has 2 aromatic heterocycles. The Kier molecular flexibility index (Phi) is 1.81. The third kappa shape index (κ3) is 1.23. The third-order valence-corrected chi connectivity index (χ3v) is 4.46. The molecule has 0 radical (unpaired) electrons. The maximum Gasteiger partial charge on any atom is 0.0620 e. The van der Waals surface area contributed by atoms with Gasteiger partial charge in [-0.05, 0) is 48.9 Å². The van der Waals surface area contributed by atoms with E-state index in [0.717, 1.165) is 5.69 Å². The maximum atomic E-state index is 6.00. The molecule has 3 aromatic carbocycles. The molecule has 2 nitrogen and oxygen atoms in total. The van der Waals surface area contributed by atoms with Crippen LogP contribution in [0.2, 0.25) is 0 Å². The Balaban J connectivity index is 2.26. The van der Waals surface area contributed by atoms with Gasteiger partial charge in [-0.2, -0.15) is 0 Å². The predicted octanol–water partition coefficient (Wildman–Crippen LogP) is 4.73. The van der Waals surface area contributed by atoms with Crippen LogP contribution in [0, 0.1) is 6.92 Å². The largest absolute Gasteiger partial charge is 0.399 e. The van der Waals surface area contributed by atoms with Gasteiger partial charge in [0.2, 0.25) is 0 Å². The van der Waals surface area contributed by atoms with E-state index in [1.54, 1.807) is 0 Å². The zero-order chi connectivity index (χ0) is 14.1. The quantitative estimate of drug-likeness (QED) is 0.405. The van der Waals surface area contributed by atoms with Crippen LogP contribution in [-0.4, -0.2) is 4.40 Å². The molecule has 21 heavy (non-hydrogen) atoms. The van der Waals surface area contributed by atoms with Gasteiger partial charge in [-0.1, -0.05) is 18.2 Å². The van der Waals surface area contributed by atoms with Gasteiger partial charge in [-0.15, -0.1) is 0 Å². The molecule has 5 aromatic rings. The Morgan fingerprint density at radius 1 is 0.762 bits per heavy atom. The number of nitrogens with zero attached hydrogens (tertiary/aromatic N) is 1. The molecule has 100 valence electrons. The summed E-state index contributed by atoms with van der Waals surface area (Å²) in [6.45, 7) is 2.16. The van der Waals surface area contributed by atoms with Gasteiger partial charge in [0, 0.05) is 27.2 Å². The molecule has 0 saturated heterocycles. The van der Waals surface area contributed by atoms with Crippen molar-refractivity contribution in [2.45, 2.75) is 6.92 Å². The molecule has 0 amide bonds. The Hall–Kier alpha value is -2.74. The lowest BCUT2D eigenvalue weighted by molar-refractivity contribution is 1.37. The highest BCUT2D eigenvalue weighted by molar-refractivity contribution is 6.23. The van der Waals surface area contributed by atoms with Crippen LogP contribution in [0.15, 0.2) is 54.6 Å². The number of para-hydroxylation sites is 1. The minimum Gasteiger partial charge on any atom is -0.399 e. The Bertz CT molecular complexity index is 1150. The molecule has 0 aliphatic carbocycles. The summed E-state index contributed by atoms with van der Waals surface area (Å²) in [5, 5.41) is 5.18. The number of fused-ring (bicyclic) bond motifs is 6.